The zero-order chi connectivity index (χ0) is 23.5. The van der Waals surface area contributed by atoms with E-state index >= 15 is 0 Å². The predicted octanol–water partition coefficient (Wildman–Crippen LogP) is 4.97. The van der Waals surface area contributed by atoms with Gasteiger partial charge in [-0.3, -0.25) is 14.9 Å². The molecule has 164 valence electrons. The van der Waals surface area contributed by atoms with E-state index in [9.17, 15) is 24.8 Å². The molecule has 0 bridgehead atoms. The molecule has 0 aliphatic carbocycles. The van der Waals surface area contributed by atoms with Crippen LogP contribution in [0.5, 0.6) is 0 Å². The molecule has 0 aliphatic heterocycles. The van der Waals surface area contributed by atoms with Crippen molar-refractivity contribution in [2.75, 3.05) is 11.1 Å². The van der Waals surface area contributed by atoms with Crippen molar-refractivity contribution in [2.24, 2.45) is 0 Å². The Bertz CT molecular complexity index is 1380. The van der Waals surface area contributed by atoms with E-state index in [0.717, 1.165) is 11.3 Å². The van der Waals surface area contributed by atoms with Crippen LogP contribution < -0.4 is 11.1 Å². The summed E-state index contributed by atoms with van der Waals surface area (Å²) in [4.78, 5) is 39.7. The van der Waals surface area contributed by atoms with Crippen LogP contribution >= 0.6 is 11.3 Å². The average Bonchev–Trinajstić information content (AvgIpc) is 3.18. The summed E-state index contributed by atoms with van der Waals surface area (Å²) in [5.74, 6) is -1.46. The molecule has 0 amide bonds. The number of nitro groups is 1. The Balaban J connectivity index is 1.67. The topological polar surface area (TPSA) is 148 Å². The van der Waals surface area contributed by atoms with E-state index in [0.29, 0.717) is 27.5 Å². The molecule has 3 aromatic carbocycles. The van der Waals surface area contributed by atoms with E-state index in [1.165, 1.54) is 30.3 Å². The van der Waals surface area contributed by atoms with Crippen LogP contribution in [0.15, 0.2) is 72.8 Å². The number of anilines is 3. The Morgan fingerprint density at radius 1 is 0.939 bits per heavy atom. The third kappa shape index (κ3) is 4.41. The normalized spacial score (nSPS) is 10.5. The van der Waals surface area contributed by atoms with E-state index < -0.39 is 16.7 Å². The molecule has 1 heterocycles. The number of rotatable bonds is 7. The van der Waals surface area contributed by atoms with Crippen molar-refractivity contribution in [3.05, 3.63) is 98.9 Å². The summed E-state index contributed by atoms with van der Waals surface area (Å²) in [5, 5.41) is 23.7. The maximum Gasteiger partial charge on any atom is 0.336 e. The van der Waals surface area contributed by atoms with Crippen LogP contribution in [0, 0.1) is 10.1 Å². The van der Waals surface area contributed by atoms with Crippen LogP contribution in [0.25, 0.3) is 11.1 Å². The van der Waals surface area contributed by atoms with Gasteiger partial charge in [0.15, 0.2) is 5.13 Å². The molecule has 0 saturated heterocycles. The smallest absolute Gasteiger partial charge is 0.336 e. The molecule has 4 N–H and O–H groups in total. The van der Waals surface area contributed by atoms with E-state index in [1.54, 1.807) is 42.5 Å². The number of carbonyl (C=O) groups excluding carboxylic acids is 1. The number of nitrogen functional groups attached to an aromatic ring is 1. The Kier molecular flexibility index (Phi) is 5.83. The summed E-state index contributed by atoms with van der Waals surface area (Å²) in [6.07, 6.45) is 0. The van der Waals surface area contributed by atoms with Gasteiger partial charge in [-0.25, -0.2) is 9.78 Å². The fourth-order valence-corrected chi connectivity index (χ4v) is 4.14. The quantitative estimate of drug-likeness (QED) is 0.199. The molecule has 4 aromatic rings. The van der Waals surface area contributed by atoms with Gasteiger partial charge in [0.25, 0.3) is 5.69 Å². The number of carboxylic acids is 1. The van der Waals surface area contributed by atoms with Crippen molar-refractivity contribution in [1.29, 1.82) is 0 Å². The lowest BCUT2D eigenvalue weighted by molar-refractivity contribution is -0.384. The lowest BCUT2D eigenvalue weighted by Gasteiger charge is -2.11. The lowest BCUT2D eigenvalue weighted by atomic mass is 9.93. The Labute approximate surface area is 191 Å². The van der Waals surface area contributed by atoms with Gasteiger partial charge in [0.05, 0.1) is 10.5 Å². The van der Waals surface area contributed by atoms with E-state index in [-0.39, 0.29) is 21.9 Å². The predicted molar refractivity (Wildman–Crippen MR) is 125 cm³/mol. The number of thiazole rings is 1. The van der Waals surface area contributed by atoms with Gasteiger partial charge in [-0.15, -0.1) is 0 Å². The SMILES string of the molecule is Nc1nc(Nc2ccc([N+](=O)[O-])cc2)sc1C(=O)c1ccccc1-c1ccccc1C(=O)O. The highest BCUT2D eigenvalue weighted by Gasteiger charge is 2.23. The van der Waals surface area contributed by atoms with Crippen LogP contribution in [-0.2, 0) is 0 Å². The van der Waals surface area contributed by atoms with Crippen LogP contribution in [0.1, 0.15) is 25.6 Å². The second-order valence-corrected chi connectivity index (χ2v) is 7.89. The number of carboxylic acid groups (broad SMARTS) is 1. The third-order valence-corrected chi connectivity index (χ3v) is 5.79. The van der Waals surface area contributed by atoms with Gasteiger partial charge >= 0.3 is 5.97 Å². The van der Waals surface area contributed by atoms with Gasteiger partial charge in [-0.1, -0.05) is 53.8 Å². The van der Waals surface area contributed by atoms with Crippen molar-refractivity contribution in [1.82, 2.24) is 4.98 Å². The number of nitro benzene ring substituents is 1. The van der Waals surface area contributed by atoms with Gasteiger partial charge in [0.1, 0.15) is 10.7 Å². The zero-order valence-corrected chi connectivity index (χ0v) is 17.7. The monoisotopic (exact) mass is 460 g/mol. The number of aromatic nitrogens is 1. The Morgan fingerprint density at radius 2 is 1.52 bits per heavy atom. The maximum absolute atomic E-state index is 13.4. The Hall–Kier alpha value is -4.57. The van der Waals surface area contributed by atoms with Crippen molar-refractivity contribution >= 4 is 45.4 Å². The second kappa shape index (κ2) is 8.89. The van der Waals surface area contributed by atoms with Crippen molar-refractivity contribution < 1.29 is 19.6 Å². The number of carbonyl (C=O) groups is 2. The number of hydrogen-bond acceptors (Lipinski definition) is 8. The second-order valence-electron chi connectivity index (χ2n) is 6.89. The molecule has 0 aliphatic rings. The minimum Gasteiger partial charge on any atom is -0.478 e. The number of nitrogens with two attached hydrogens (primary N) is 1. The lowest BCUT2D eigenvalue weighted by Crippen LogP contribution is -2.06. The van der Waals surface area contributed by atoms with Gasteiger partial charge in [0.2, 0.25) is 5.78 Å². The molecule has 0 saturated carbocycles. The molecular weight excluding hydrogens is 444 g/mol. The van der Waals surface area contributed by atoms with Crippen LogP contribution in [0.4, 0.5) is 22.3 Å². The van der Waals surface area contributed by atoms with Gasteiger partial charge in [-0.05, 0) is 29.3 Å². The summed E-state index contributed by atoms with van der Waals surface area (Å²) in [6.45, 7) is 0. The number of benzene rings is 3. The Morgan fingerprint density at radius 3 is 2.12 bits per heavy atom. The van der Waals surface area contributed by atoms with Crippen LogP contribution in [0.2, 0.25) is 0 Å². The summed E-state index contributed by atoms with van der Waals surface area (Å²) >= 11 is 1.04. The summed E-state index contributed by atoms with van der Waals surface area (Å²) < 4.78 is 0. The highest BCUT2D eigenvalue weighted by atomic mass is 32.1. The summed E-state index contributed by atoms with van der Waals surface area (Å²) in [6, 6.07) is 18.9. The molecular formula is C23H16N4O5S. The maximum atomic E-state index is 13.4. The third-order valence-electron chi connectivity index (χ3n) is 4.81. The average molecular weight is 460 g/mol. The molecule has 0 spiro atoms. The van der Waals surface area contributed by atoms with Crippen LogP contribution in [-0.4, -0.2) is 26.8 Å². The first kappa shape index (κ1) is 21.7. The molecule has 0 radical (unpaired) electrons. The van der Waals surface area contributed by atoms with Gasteiger partial charge in [0, 0.05) is 23.4 Å². The first-order valence-electron chi connectivity index (χ1n) is 9.59. The number of non-ortho nitro benzene ring substituents is 1. The standard InChI is InChI=1S/C23H16N4O5S/c24-21-20(33-23(26-21)25-13-9-11-14(12-10-13)27(31)32)19(28)17-7-3-1-5-15(17)16-6-2-4-8-18(16)22(29)30/h1-12H,24H2,(H,25,26)(H,29,30). The number of nitrogens with zero attached hydrogens (tertiary/aromatic N) is 2. The molecule has 10 heteroatoms. The molecule has 0 atom stereocenters. The van der Waals surface area contributed by atoms with E-state index in [4.69, 9.17) is 5.73 Å². The molecule has 1 aromatic heterocycles. The largest absolute Gasteiger partial charge is 0.478 e. The molecule has 4 rings (SSSR count). The summed E-state index contributed by atoms with van der Waals surface area (Å²) in [5.41, 5.74) is 7.78. The minimum atomic E-state index is -1.10. The summed E-state index contributed by atoms with van der Waals surface area (Å²) in [7, 11) is 0. The van der Waals surface area contributed by atoms with Crippen molar-refractivity contribution in [2.45, 2.75) is 0 Å². The fourth-order valence-electron chi connectivity index (χ4n) is 3.28. The van der Waals surface area contributed by atoms with Crippen molar-refractivity contribution in [3.63, 3.8) is 0 Å². The van der Waals surface area contributed by atoms with E-state index in [2.05, 4.69) is 10.3 Å². The number of hydrogen-bond donors (Lipinski definition) is 3. The highest BCUT2D eigenvalue weighted by Crippen LogP contribution is 2.34. The fraction of sp³-hybridized carbons (Fsp3) is 0. The molecule has 9 nitrogen and oxygen atoms in total. The molecule has 0 fully saturated rings. The molecule has 33 heavy (non-hydrogen) atoms. The first-order chi connectivity index (χ1) is 15.8. The zero-order valence-electron chi connectivity index (χ0n) is 16.9. The number of ketones is 1. The minimum absolute atomic E-state index is 0.0238. The highest BCUT2D eigenvalue weighted by molar-refractivity contribution is 7.18. The molecule has 0 unspecified atom stereocenters. The van der Waals surface area contributed by atoms with E-state index in [1.807, 2.05) is 0 Å². The van der Waals surface area contributed by atoms with Gasteiger partial charge in [-0.2, -0.15) is 0 Å². The van der Waals surface area contributed by atoms with Crippen molar-refractivity contribution in [3.8, 4) is 11.1 Å². The number of nitrogens with one attached hydrogen (secondary N) is 1. The number of aromatic carboxylic acids is 1. The van der Waals surface area contributed by atoms with Crippen LogP contribution in [0.3, 0.4) is 0 Å². The first-order valence-corrected chi connectivity index (χ1v) is 10.4. The van der Waals surface area contributed by atoms with Gasteiger partial charge < -0.3 is 16.2 Å².